The lowest BCUT2D eigenvalue weighted by molar-refractivity contribution is -0.196. The van der Waals surface area contributed by atoms with Crippen LogP contribution in [0.2, 0.25) is 0 Å². The second kappa shape index (κ2) is 3.85. The van der Waals surface area contributed by atoms with Crippen LogP contribution < -0.4 is 0 Å². The van der Waals surface area contributed by atoms with Gasteiger partial charge in [-0.25, -0.2) is 0 Å². The number of nitrogens with zero attached hydrogens (tertiary/aromatic N) is 2. The molecule has 94 valence electrons. The first-order valence-electron chi connectivity index (χ1n) is 5.44. The SMILES string of the molecule is CC1(C(F)(F)F)C=CC(N2CCCC2=O)=NC1. The molecule has 3 nitrogen and oxygen atoms in total. The van der Waals surface area contributed by atoms with Crippen molar-refractivity contribution in [1.82, 2.24) is 4.90 Å². The van der Waals surface area contributed by atoms with Gasteiger partial charge in [0.2, 0.25) is 5.91 Å². The zero-order chi connectivity index (χ0) is 12.7. The second-order valence-electron chi connectivity index (χ2n) is 4.57. The van der Waals surface area contributed by atoms with Crippen molar-refractivity contribution in [3.63, 3.8) is 0 Å². The molecule has 1 saturated heterocycles. The lowest BCUT2D eigenvalue weighted by atomic mass is 9.88. The molecule has 1 amide bonds. The topological polar surface area (TPSA) is 32.7 Å². The van der Waals surface area contributed by atoms with Crippen molar-refractivity contribution in [2.24, 2.45) is 10.4 Å². The first kappa shape index (κ1) is 12.1. The number of carbonyl (C=O) groups is 1. The lowest BCUT2D eigenvalue weighted by Gasteiger charge is -2.31. The maximum atomic E-state index is 12.7. The lowest BCUT2D eigenvalue weighted by Crippen LogP contribution is -2.41. The van der Waals surface area contributed by atoms with Crippen molar-refractivity contribution in [2.75, 3.05) is 13.1 Å². The monoisotopic (exact) mass is 246 g/mol. The number of carbonyl (C=O) groups excluding carboxylic acids is 1. The normalized spacial score (nSPS) is 29.8. The highest BCUT2D eigenvalue weighted by atomic mass is 19.4. The summed E-state index contributed by atoms with van der Waals surface area (Å²) in [5, 5.41) is 0. The van der Waals surface area contributed by atoms with Crippen LogP contribution in [0.25, 0.3) is 0 Å². The van der Waals surface area contributed by atoms with Crippen molar-refractivity contribution in [3.8, 4) is 0 Å². The number of halogens is 3. The fourth-order valence-electron chi connectivity index (χ4n) is 1.86. The van der Waals surface area contributed by atoms with Crippen LogP contribution in [0, 0.1) is 5.41 Å². The molecule has 0 aliphatic carbocycles. The summed E-state index contributed by atoms with van der Waals surface area (Å²) in [7, 11) is 0. The Labute approximate surface area is 97.0 Å². The van der Waals surface area contributed by atoms with E-state index in [-0.39, 0.29) is 12.5 Å². The fourth-order valence-corrected chi connectivity index (χ4v) is 1.86. The van der Waals surface area contributed by atoms with E-state index < -0.39 is 11.6 Å². The predicted molar refractivity (Wildman–Crippen MR) is 56.6 cm³/mol. The summed E-state index contributed by atoms with van der Waals surface area (Å²) >= 11 is 0. The fraction of sp³-hybridized carbons (Fsp3) is 0.636. The van der Waals surface area contributed by atoms with Gasteiger partial charge >= 0.3 is 6.18 Å². The standard InChI is InChI=1S/C11H13F3N2O/c1-10(11(12,13)14)5-4-8(15-7-10)16-6-2-3-9(16)17/h4-5H,2-3,6-7H2,1H3. The van der Waals surface area contributed by atoms with Gasteiger partial charge in [-0.15, -0.1) is 0 Å². The smallest absolute Gasteiger partial charge is 0.297 e. The molecule has 1 atom stereocenters. The van der Waals surface area contributed by atoms with Gasteiger partial charge in [0, 0.05) is 13.0 Å². The van der Waals surface area contributed by atoms with Crippen molar-refractivity contribution >= 4 is 11.7 Å². The van der Waals surface area contributed by atoms with Gasteiger partial charge in [0.1, 0.15) is 11.3 Å². The van der Waals surface area contributed by atoms with E-state index in [2.05, 4.69) is 4.99 Å². The molecule has 0 saturated carbocycles. The molecule has 0 aromatic carbocycles. The average molecular weight is 246 g/mol. The van der Waals surface area contributed by atoms with Crippen LogP contribution in [0.15, 0.2) is 17.1 Å². The van der Waals surface area contributed by atoms with Gasteiger partial charge in [0.25, 0.3) is 0 Å². The maximum absolute atomic E-state index is 12.7. The van der Waals surface area contributed by atoms with Crippen LogP contribution in [0.1, 0.15) is 19.8 Å². The van der Waals surface area contributed by atoms with Gasteiger partial charge in [-0.05, 0) is 19.4 Å². The highest BCUT2D eigenvalue weighted by Crippen LogP contribution is 2.41. The van der Waals surface area contributed by atoms with Gasteiger partial charge in [-0.3, -0.25) is 14.7 Å². The van der Waals surface area contributed by atoms with Gasteiger partial charge in [0.15, 0.2) is 0 Å². The third kappa shape index (κ3) is 2.08. The maximum Gasteiger partial charge on any atom is 0.399 e. The predicted octanol–water partition coefficient (Wildman–Crippen LogP) is 2.15. The Morgan fingerprint density at radius 3 is 2.59 bits per heavy atom. The molecule has 0 aromatic rings. The second-order valence-corrected chi connectivity index (χ2v) is 4.57. The van der Waals surface area contributed by atoms with Crippen LogP contribution >= 0.6 is 0 Å². The summed E-state index contributed by atoms with van der Waals surface area (Å²) in [5.41, 5.74) is -1.92. The molecule has 6 heteroatoms. The number of likely N-dealkylation sites (tertiary alicyclic amines) is 1. The zero-order valence-corrected chi connectivity index (χ0v) is 9.42. The first-order valence-corrected chi connectivity index (χ1v) is 5.44. The minimum atomic E-state index is -4.31. The number of rotatable bonds is 0. The zero-order valence-electron chi connectivity index (χ0n) is 9.42. The molecular weight excluding hydrogens is 233 g/mol. The molecular formula is C11H13F3N2O. The van der Waals surface area contributed by atoms with Crippen LogP contribution in [0.4, 0.5) is 13.2 Å². The van der Waals surface area contributed by atoms with Crippen molar-refractivity contribution in [1.29, 1.82) is 0 Å². The van der Waals surface area contributed by atoms with E-state index in [9.17, 15) is 18.0 Å². The molecule has 1 fully saturated rings. The molecule has 2 heterocycles. The van der Waals surface area contributed by atoms with Gasteiger partial charge in [0.05, 0.1) is 6.54 Å². The average Bonchev–Trinajstić information content (AvgIpc) is 2.64. The Morgan fingerprint density at radius 2 is 2.18 bits per heavy atom. The van der Waals surface area contributed by atoms with Gasteiger partial charge in [-0.2, -0.15) is 13.2 Å². The number of hydrogen-bond acceptors (Lipinski definition) is 2. The van der Waals surface area contributed by atoms with E-state index in [4.69, 9.17) is 0 Å². The van der Waals surface area contributed by atoms with Crippen molar-refractivity contribution in [2.45, 2.75) is 25.9 Å². The number of dihydropyridines is 1. The van der Waals surface area contributed by atoms with E-state index in [1.165, 1.54) is 11.0 Å². The first-order chi connectivity index (χ1) is 7.83. The summed E-state index contributed by atoms with van der Waals surface area (Å²) in [5.74, 6) is 0.290. The summed E-state index contributed by atoms with van der Waals surface area (Å²) in [4.78, 5) is 16.8. The van der Waals surface area contributed by atoms with E-state index in [1.54, 1.807) is 0 Å². The van der Waals surface area contributed by atoms with E-state index in [0.717, 1.165) is 19.4 Å². The van der Waals surface area contributed by atoms with E-state index >= 15 is 0 Å². The number of alkyl halides is 3. The summed E-state index contributed by atoms with van der Waals surface area (Å²) < 4.78 is 38.1. The molecule has 2 aliphatic rings. The molecule has 0 aromatic heterocycles. The molecule has 2 aliphatic heterocycles. The Balaban J connectivity index is 2.14. The molecule has 0 bridgehead atoms. The molecule has 0 spiro atoms. The Morgan fingerprint density at radius 1 is 1.47 bits per heavy atom. The Kier molecular flexibility index (Phi) is 2.75. The summed E-state index contributed by atoms with van der Waals surface area (Å²) in [6.45, 7) is 1.30. The minimum absolute atomic E-state index is 0.0657. The molecule has 2 rings (SSSR count). The Hall–Kier alpha value is -1.33. The largest absolute Gasteiger partial charge is 0.399 e. The third-order valence-electron chi connectivity index (χ3n) is 3.17. The van der Waals surface area contributed by atoms with Crippen molar-refractivity contribution < 1.29 is 18.0 Å². The number of hydrogen-bond donors (Lipinski definition) is 0. The molecule has 1 unspecified atom stereocenters. The van der Waals surface area contributed by atoms with E-state index in [0.29, 0.717) is 18.8 Å². The highest BCUT2D eigenvalue weighted by Gasteiger charge is 2.50. The Bertz CT molecular complexity index is 400. The number of aliphatic imine (C=N–C) groups is 1. The van der Waals surface area contributed by atoms with Crippen LogP contribution in [0.3, 0.4) is 0 Å². The van der Waals surface area contributed by atoms with Crippen LogP contribution in [0.5, 0.6) is 0 Å². The highest BCUT2D eigenvalue weighted by molar-refractivity contribution is 6.05. The van der Waals surface area contributed by atoms with Crippen LogP contribution in [-0.2, 0) is 4.79 Å². The minimum Gasteiger partial charge on any atom is -0.297 e. The van der Waals surface area contributed by atoms with Gasteiger partial charge in [-0.1, -0.05) is 6.08 Å². The molecule has 17 heavy (non-hydrogen) atoms. The third-order valence-corrected chi connectivity index (χ3v) is 3.17. The summed E-state index contributed by atoms with van der Waals surface area (Å²) in [6, 6.07) is 0. The molecule has 0 radical (unpaired) electrons. The van der Waals surface area contributed by atoms with Gasteiger partial charge < -0.3 is 0 Å². The number of amides is 1. The van der Waals surface area contributed by atoms with E-state index in [1.807, 2.05) is 0 Å². The van der Waals surface area contributed by atoms with Crippen molar-refractivity contribution in [3.05, 3.63) is 12.2 Å². The van der Waals surface area contributed by atoms with Crippen LogP contribution in [-0.4, -0.2) is 35.9 Å². The number of amidine groups is 1. The summed E-state index contributed by atoms with van der Waals surface area (Å²) in [6.07, 6.45) is -0.722. The quantitative estimate of drug-likeness (QED) is 0.644. The molecule has 0 N–H and O–H groups in total.